The Morgan fingerprint density at radius 3 is 2.67 bits per heavy atom. The predicted molar refractivity (Wildman–Crippen MR) is 106 cm³/mol. The van der Waals surface area contributed by atoms with Gasteiger partial charge in [-0.15, -0.1) is 0 Å². The zero-order valence-corrected chi connectivity index (χ0v) is 15.7. The van der Waals surface area contributed by atoms with Gasteiger partial charge in [0.15, 0.2) is 0 Å². The first-order valence-corrected chi connectivity index (χ1v) is 9.59. The number of carbonyl (C=O) groups is 2. The van der Waals surface area contributed by atoms with Gasteiger partial charge in [-0.05, 0) is 30.2 Å². The molecule has 27 heavy (non-hydrogen) atoms. The van der Waals surface area contributed by atoms with Crippen LogP contribution in [0.25, 0.3) is 0 Å². The van der Waals surface area contributed by atoms with Gasteiger partial charge in [0.25, 0.3) is 5.91 Å². The van der Waals surface area contributed by atoms with Crippen LogP contribution in [0.5, 0.6) is 0 Å². The maximum Gasteiger partial charge on any atom is 0.414 e. The molecule has 0 saturated carbocycles. The quantitative estimate of drug-likeness (QED) is 0.689. The zero-order chi connectivity index (χ0) is 19.1. The Balaban J connectivity index is 1.74. The highest BCUT2D eigenvalue weighted by Gasteiger charge is 2.24. The van der Waals surface area contributed by atoms with Crippen LogP contribution in [-0.2, 0) is 4.74 Å². The molecular formula is C22H26N2O3. The first-order valence-electron chi connectivity index (χ1n) is 9.59. The number of nitrogens with one attached hydrogen (secondary N) is 1. The smallest absolute Gasteiger partial charge is 0.414 e. The molecule has 1 saturated heterocycles. The molecule has 2 aromatic carbocycles. The van der Waals surface area contributed by atoms with Crippen LogP contribution >= 0.6 is 0 Å². The third kappa shape index (κ3) is 4.88. The van der Waals surface area contributed by atoms with Crippen molar-refractivity contribution in [2.24, 2.45) is 0 Å². The number of rotatable bonds is 8. The van der Waals surface area contributed by atoms with Crippen molar-refractivity contribution in [3.63, 3.8) is 0 Å². The van der Waals surface area contributed by atoms with Crippen molar-refractivity contribution in [3.8, 4) is 0 Å². The Morgan fingerprint density at radius 1 is 1.15 bits per heavy atom. The molecule has 2 aromatic rings. The van der Waals surface area contributed by atoms with Crippen LogP contribution in [0.1, 0.15) is 54.6 Å². The highest BCUT2D eigenvalue weighted by molar-refractivity contribution is 5.97. The van der Waals surface area contributed by atoms with E-state index >= 15 is 0 Å². The van der Waals surface area contributed by atoms with Crippen molar-refractivity contribution in [1.82, 2.24) is 5.32 Å². The summed E-state index contributed by atoms with van der Waals surface area (Å²) in [6.45, 7) is 3.06. The lowest BCUT2D eigenvalue weighted by atomic mass is 10.00. The summed E-state index contributed by atoms with van der Waals surface area (Å²) in [6.07, 6.45) is 3.89. The van der Waals surface area contributed by atoms with Gasteiger partial charge in [-0.2, -0.15) is 0 Å². The van der Waals surface area contributed by atoms with E-state index in [1.165, 1.54) is 0 Å². The number of carbonyl (C=O) groups excluding carboxylic acids is 2. The molecule has 0 bridgehead atoms. The van der Waals surface area contributed by atoms with Crippen LogP contribution in [0.2, 0.25) is 0 Å². The zero-order valence-electron chi connectivity index (χ0n) is 15.7. The highest BCUT2D eigenvalue weighted by Crippen LogP contribution is 2.23. The van der Waals surface area contributed by atoms with Gasteiger partial charge >= 0.3 is 6.09 Å². The molecule has 142 valence electrons. The molecule has 0 aliphatic carbocycles. The monoisotopic (exact) mass is 366 g/mol. The SMILES string of the molecule is CCCCCC(NC(=O)c1cccc(N2CCOC2=O)c1)c1ccccc1. The number of nitrogens with zero attached hydrogens (tertiary/aromatic N) is 1. The summed E-state index contributed by atoms with van der Waals surface area (Å²) >= 11 is 0. The molecule has 0 spiro atoms. The molecule has 1 atom stereocenters. The maximum absolute atomic E-state index is 12.9. The maximum atomic E-state index is 12.9. The van der Waals surface area contributed by atoms with Crippen LogP contribution in [-0.4, -0.2) is 25.2 Å². The number of benzene rings is 2. The summed E-state index contributed by atoms with van der Waals surface area (Å²) in [6, 6.07) is 17.2. The van der Waals surface area contributed by atoms with Crippen LogP contribution in [0.4, 0.5) is 10.5 Å². The van der Waals surface area contributed by atoms with Crippen LogP contribution < -0.4 is 10.2 Å². The Labute approximate surface area is 160 Å². The number of hydrogen-bond acceptors (Lipinski definition) is 3. The molecule has 2 amide bonds. The summed E-state index contributed by atoms with van der Waals surface area (Å²) in [5.41, 5.74) is 2.34. The van der Waals surface area contributed by atoms with Gasteiger partial charge in [-0.25, -0.2) is 4.79 Å². The fourth-order valence-corrected chi connectivity index (χ4v) is 3.29. The lowest BCUT2D eigenvalue weighted by Gasteiger charge is -2.20. The number of amides is 2. The number of ether oxygens (including phenoxy) is 1. The molecule has 1 aliphatic heterocycles. The van der Waals surface area contributed by atoms with Crippen LogP contribution in [0.15, 0.2) is 54.6 Å². The molecule has 3 rings (SSSR count). The Morgan fingerprint density at radius 2 is 1.96 bits per heavy atom. The molecular weight excluding hydrogens is 340 g/mol. The Bertz CT molecular complexity index is 776. The third-order valence-corrected chi connectivity index (χ3v) is 4.78. The molecule has 5 heteroatoms. The topological polar surface area (TPSA) is 58.6 Å². The van der Waals surface area contributed by atoms with Crippen LogP contribution in [0.3, 0.4) is 0 Å². The minimum atomic E-state index is -0.366. The Kier molecular flexibility index (Phi) is 6.47. The molecule has 1 N–H and O–H groups in total. The first kappa shape index (κ1) is 19.0. The molecule has 5 nitrogen and oxygen atoms in total. The van der Waals surface area contributed by atoms with Gasteiger partial charge in [-0.3, -0.25) is 9.69 Å². The minimum absolute atomic E-state index is 0.0225. The number of anilines is 1. The number of cyclic esters (lactones) is 1. The van der Waals surface area contributed by atoms with E-state index in [0.717, 1.165) is 31.2 Å². The number of unbranched alkanes of at least 4 members (excludes halogenated alkanes) is 2. The van der Waals surface area contributed by atoms with Crippen molar-refractivity contribution >= 4 is 17.7 Å². The minimum Gasteiger partial charge on any atom is -0.447 e. The second-order valence-corrected chi connectivity index (χ2v) is 6.75. The average Bonchev–Trinajstić information content (AvgIpc) is 3.14. The van der Waals surface area contributed by atoms with E-state index in [4.69, 9.17) is 4.74 Å². The second kappa shape index (κ2) is 9.21. The third-order valence-electron chi connectivity index (χ3n) is 4.78. The molecule has 1 aliphatic rings. The second-order valence-electron chi connectivity index (χ2n) is 6.75. The summed E-state index contributed by atoms with van der Waals surface area (Å²) in [4.78, 5) is 26.2. The summed E-state index contributed by atoms with van der Waals surface area (Å²) in [5.74, 6) is -0.130. The van der Waals surface area contributed by atoms with Crippen molar-refractivity contribution < 1.29 is 14.3 Å². The van der Waals surface area contributed by atoms with Crippen LogP contribution in [0, 0.1) is 0 Å². The van der Waals surface area contributed by atoms with E-state index in [0.29, 0.717) is 24.4 Å². The van der Waals surface area contributed by atoms with E-state index in [2.05, 4.69) is 12.2 Å². The molecule has 1 fully saturated rings. The van der Waals surface area contributed by atoms with Crippen molar-refractivity contribution in [2.75, 3.05) is 18.1 Å². The van der Waals surface area contributed by atoms with Crippen molar-refractivity contribution in [1.29, 1.82) is 0 Å². The molecule has 0 aromatic heterocycles. The highest BCUT2D eigenvalue weighted by atomic mass is 16.6. The van der Waals surface area contributed by atoms with E-state index in [1.807, 2.05) is 36.4 Å². The van der Waals surface area contributed by atoms with Crippen molar-refractivity contribution in [3.05, 3.63) is 65.7 Å². The van der Waals surface area contributed by atoms with E-state index in [-0.39, 0.29) is 18.0 Å². The predicted octanol–water partition coefficient (Wildman–Crippen LogP) is 4.69. The normalized spacial score (nSPS) is 14.7. The molecule has 0 radical (unpaired) electrons. The fraction of sp³-hybridized carbons (Fsp3) is 0.364. The Hall–Kier alpha value is -2.82. The van der Waals surface area contributed by atoms with Gasteiger partial charge in [0.1, 0.15) is 6.61 Å². The van der Waals surface area contributed by atoms with Gasteiger partial charge in [0.05, 0.1) is 12.6 Å². The first-order chi connectivity index (χ1) is 13.2. The largest absolute Gasteiger partial charge is 0.447 e. The molecule has 1 unspecified atom stereocenters. The van der Waals surface area contributed by atoms with Gasteiger partial charge < -0.3 is 10.1 Å². The van der Waals surface area contributed by atoms with Gasteiger partial charge in [0, 0.05) is 11.3 Å². The average molecular weight is 366 g/mol. The fourth-order valence-electron chi connectivity index (χ4n) is 3.29. The summed E-state index contributed by atoms with van der Waals surface area (Å²) in [7, 11) is 0. The number of hydrogen-bond donors (Lipinski definition) is 1. The lowest BCUT2D eigenvalue weighted by Crippen LogP contribution is -2.29. The van der Waals surface area contributed by atoms with E-state index in [1.54, 1.807) is 23.1 Å². The van der Waals surface area contributed by atoms with Gasteiger partial charge in [-0.1, -0.05) is 62.6 Å². The van der Waals surface area contributed by atoms with Gasteiger partial charge in [0.2, 0.25) is 0 Å². The standard InChI is InChI=1S/C22H26N2O3/c1-2-3-5-13-20(17-9-6-4-7-10-17)23-21(25)18-11-8-12-19(16-18)24-14-15-27-22(24)26/h4,6-12,16,20H,2-3,5,13-15H2,1H3,(H,23,25). The van der Waals surface area contributed by atoms with E-state index < -0.39 is 0 Å². The van der Waals surface area contributed by atoms with E-state index in [9.17, 15) is 9.59 Å². The summed E-state index contributed by atoms with van der Waals surface area (Å²) < 4.78 is 4.98. The van der Waals surface area contributed by atoms with Crippen molar-refractivity contribution in [2.45, 2.75) is 38.6 Å². The summed E-state index contributed by atoms with van der Waals surface area (Å²) in [5, 5.41) is 3.16. The molecule has 1 heterocycles. The lowest BCUT2D eigenvalue weighted by molar-refractivity contribution is 0.0934.